The van der Waals surface area contributed by atoms with Crippen LogP contribution in [0.5, 0.6) is 17.2 Å². The van der Waals surface area contributed by atoms with Gasteiger partial charge in [0.15, 0.2) is 0 Å². The van der Waals surface area contributed by atoms with E-state index in [0.29, 0.717) is 25.3 Å². The number of likely N-dealkylation sites (N-methyl/N-ethyl adjacent to an activating group) is 2. The first-order valence-corrected chi connectivity index (χ1v) is 14.5. The van der Waals surface area contributed by atoms with Gasteiger partial charge in [0.1, 0.15) is 36.2 Å². The molecule has 5 rings (SSSR count). The summed E-state index contributed by atoms with van der Waals surface area (Å²) in [6, 6.07) is 12.9. The lowest BCUT2D eigenvalue weighted by Gasteiger charge is -2.19. The second-order valence-electron chi connectivity index (χ2n) is 10.2. The average Bonchev–Trinajstić information content (AvgIpc) is 3.33. The van der Waals surface area contributed by atoms with Crippen LogP contribution < -0.4 is 4.74 Å². The number of fused-ring (bicyclic) bond motifs is 1. The Bertz CT molecular complexity index is 1300. The van der Waals surface area contributed by atoms with Gasteiger partial charge in [-0.25, -0.2) is 0 Å². The first-order valence-electron chi connectivity index (χ1n) is 13.6. The quantitative estimate of drug-likeness (QED) is 0.308. The fraction of sp³-hybridized carbons (Fsp3) is 0.433. The van der Waals surface area contributed by atoms with Crippen molar-refractivity contribution in [2.45, 2.75) is 52.2 Å². The van der Waals surface area contributed by atoms with Crippen LogP contribution in [0.4, 0.5) is 0 Å². The summed E-state index contributed by atoms with van der Waals surface area (Å²) >= 11 is 1.68. The third-order valence-corrected chi connectivity index (χ3v) is 8.28. The molecule has 9 heteroatoms. The highest BCUT2D eigenvalue weighted by Crippen LogP contribution is 2.46. The minimum atomic E-state index is -0.362. The molecule has 0 spiro atoms. The Morgan fingerprint density at radius 1 is 1.10 bits per heavy atom. The molecule has 1 fully saturated rings. The van der Waals surface area contributed by atoms with Gasteiger partial charge in [-0.1, -0.05) is 26.0 Å². The van der Waals surface area contributed by atoms with Gasteiger partial charge in [-0.3, -0.25) is 9.69 Å². The van der Waals surface area contributed by atoms with E-state index in [1.807, 2.05) is 36.7 Å². The van der Waals surface area contributed by atoms with Crippen LogP contribution in [0.1, 0.15) is 58.3 Å². The molecule has 8 nitrogen and oxygen atoms in total. The van der Waals surface area contributed by atoms with E-state index in [1.165, 1.54) is 10.9 Å². The number of hydrogen-bond acceptors (Lipinski definition) is 8. The van der Waals surface area contributed by atoms with Gasteiger partial charge in [-0.05, 0) is 67.3 Å². The van der Waals surface area contributed by atoms with E-state index in [-0.39, 0.29) is 35.3 Å². The SMILES string of the molecule is CCCN(CC)CCOc1ccc2c(c1)CN(C(=O)c1cc(C3OC3N(C)Cc3cccs3)c(O)cc1O)C2. The molecule has 208 valence electrons. The molecule has 2 aliphatic heterocycles. The minimum Gasteiger partial charge on any atom is -0.507 e. The van der Waals surface area contributed by atoms with Crippen LogP contribution in [0.15, 0.2) is 47.8 Å². The summed E-state index contributed by atoms with van der Waals surface area (Å²) in [4.78, 5) is 20.9. The van der Waals surface area contributed by atoms with Gasteiger partial charge in [0.2, 0.25) is 0 Å². The lowest BCUT2D eigenvalue weighted by atomic mass is 10.0. The zero-order valence-electron chi connectivity index (χ0n) is 22.8. The average molecular weight is 552 g/mol. The number of hydrogen-bond donors (Lipinski definition) is 2. The highest BCUT2D eigenvalue weighted by Gasteiger charge is 2.45. The first kappa shape index (κ1) is 27.5. The molecule has 2 N–H and O–H groups in total. The van der Waals surface area contributed by atoms with E-state index in [4.69, 9.17) is 9.47 Å². The Labute approximate surface area is 234 Å². The van der Waals surface area contributed by atoms with Gasteiger partial charge in [0.05, 0.1) is 5.56 Å². The second-order valence-corrected chi connectivity index (χ2v) is 11.3. The van der Waals surface area contributed by atoms with Crippen molar-refractivity contribution in [1.82, 2.24) is 14.7 Å². The van der Waals surface area contributed by atoms with Crippen LogP contribution in [0.2, 0.25) is 0 Å². The number of aromatic hydroxyl groups is 2. The van der Waals surface area contributed by atoms with Crippen molar-refractivity contribution >= 4 is 17.2 Å². The van der Waals surface area contributed by atoms with E-state index in [1.54, 1.807) is 22.3 Å². The van der Waals surface area contributed by atoms with Gasteiger partial charge in [-0.15, -0.1) is 11.3 Å². The van der Waals surface area contributed by atoms with Crippen LogP contribution >= 0.6 is 11.3 Å². The third kappa shape index (κ3) is 6.22. The Morgan fingerprint density at radius 2 is 1.92 bits per heavy atom. The number of benzene rings is 2. The van der Waals surface area contributed by atoms with Crippen molar-refractivity contribution in [3.05, 3.63) is 75.0 Å². The Kier molecular flexibility index (Phi) is 8.42. The summed E-state index contributed by atoms with van der Waals surface area (Å²) in [5.41, 5.74) is 2.78. The van der Waals surface area contributed by atoms with Crippen molar-refractivity contribution < 1.29 is 24.5 Å². The number of carbonyl (C=O) groups excluding carboxylic acids is 1. The molecule has 1 saturated heterocycles. The predicted octanol–water partition coefficient (Wildman–Crippen LogP) is 4.96. The van der Waals surface area contributed by atoms with Gasteiger partial charge in [0, 0.05) is 42.7 Å². The molecule has 0 aliphatic carbocycles. The smallest absolute Gasteiger partial charge is 0.258 e. The van der Waals surface area contributed by atoms with E-state index in [2.05, 4.69) is 29.7 Å². The number of amides is 1. The summed E-state index contributed by atoms with van der Waals surface area (Å²) in [5, 5.41) is 23.2. The summed E-state index contributed by atoms with van der Waals surface area (Å²) < 4.78 is 11.9. The van der Waals surface area contributed by atoms with E-state index in [9.17, 15) is 15.0 Å². The molecule has 2 aromatic carbocycles. The van der Waals surface area contributed by atoms with Gasteiger partial charge in [-0.2, -0.15) is 0 Å². The van der Waals surface area contributed by atoms with Crippen LogP contribution in [0.25, 0.3) is 0 Å². The van der Waals surface area contributed by atoms with Crippen molar-refractivity contribution in [2.75, 3.05) is 33.3 Å². The highest BCUT2D eigenvalue weighted by molar-refractivity contribution is 7.09. The summed E-state index contributed by atoms with van der Waals surface area (Å²) in [6.45, 7) is 9.52. The molecule has 0 radical (unpaired) electrons. The largest absolute Gasteiger partial charge is 0.507 e. The molecular formula is C30H37N3O5S. The Hall–Kier alpha value is -3.11. The van der Waals surface area contributed by atoms with Gasteiger partial charge < -0.3 is 29.5 Å². The minimum absolute atomic E-state index is 0.0758. The zero-order chi connectivity index (χ0) is 27.5. The van der Waals surface area contributed by atoms with Crippen molar-refractivity contribution in [1.29, 1.82) is 0 Å². The number of rotatable bonds is 12. The standard InChI is InChI=1S/C30H37N3O5S/c1-4-10-32(5-2)11-12-37-22-9-8-20-17-33(18-21(20)14-22)29(36)25-15-24(26(34)16-27(25)35)28-30(38-28)31(3)19-23-7-6-13-39-23/h6-9,13-16,28,30,34-35H,4-5,10-12,17-19H2,1-3H3. The molecule has 1 amide bonds. The molecule has 3 heterocycles. The lowest BCUT2D eigenvalue weighted by Crippen LogP contribution is -2.29. The van der Waals surface area contributed by atoms with Crippen molar-refractivity contribution in [3.63, 3.8) is 0 Å². The van der Waals surface area contributed by atoms with Gasteiger partial charge in [0.25, 0.3) is 5.91 Å². The molecule has 39 heavy (non-hydrogen) atoms. The number of ether oxygens (including phenoxy) is 2. The van der Waals surface area contributed by atoms with Gasteiger partial charge >= 0.3 is 0 Å². The number of carbonyl (C=O) groups is 1. The van der Waals surface area contributed by atoms with Crippen LogP contribution in [-0.4, -0.2) is 70.3 Å². The normalized spacial score (nSPS) is 18.1. The number of epoxide rings is 1. The Balaban J connectivity index is 1.22. The molecule has 1 aromatic heterocycles. The fourth-order valence-electron chi connectivity index (χ4n) is 5.21. The topological polar surface area (TPSA) is 89.0 Å². The summed E-state index contributed by atoms with van der Waals surface area (Å²) in [7, 11) is 1.97. The number of thiophene rings is 1. The zero-order valence-corrected chi connectivity index (χ0v) is 23.6. The van der Waals surface area contributed by atoms with Crippen molar-refractivity contribution in [2.24, 2.45) is 0 Å². The molecule has 2 aliphatic rings. The molecule has 3 aromatic rings. The predicted molar refractivity (Wildman–Crippen MR) is 151 cm³/mol. The number of phenolic OH excluding ortho intramolecular Hbond substituents is 2. The van der Waals surface area contributed by atoms with Crippen LogP contribution in [0, 0.1) is 0 Å². The van der Waals surface area contributed by atoms with Crippen LogP contribution in [0.3, 0.4) is 0 Å². The maximum atomic E-state index is 13.5. The molecule has 2 atom stereocenters. The molecule has 0 saturated carbocycles. The maximum absolute atomic E-state index is 13.5. The maximum Gasteiger partial charge on any atom is 0.258 e. The monoisotopic (exact) mass is 551 g/mol. The van der Waals surface area contributed by atoms with E-state index < -0.39 is 0 Å². The summed E-state index contributed by atoms with van der Waals surface area (Å²) in [5.74, 6) is 0.203. The third-order valence-electron chi connectivity index (χ3n) is 7.42. The number of nitrogens with zero attached hydrogens (tertiary/aromatic N) is 3. The first-order chi connectivity index (χ1) is 18.9. The number of phenols is 2. The Morgan fingerprint density at radius 3 is 2.67 bits per heavy atom. The van der Waals surface area contributed by atoms with E-state index >= 15 is 0 Å². The van der Waals surface area contributed by atoms with E-state index in [0.717, 1.165) is 49.5 Å². The van der Waals surface area contributed by atoms with Crippen molar-refractivity contribution in [3.8, 4) is 17.2 Å². The fourth-order valence-corrected chi connectivity index (χ4v) is 5.98. The van der Waals surface area contributed by atoms with Crippen LogP contribution in [-0.2, 0) is 24.4 Å². The summed E-state index contributed by atoms with van der Waals surface area (Å²) in [6.07, 6.45) is 0.556. The molecule has 2 unspecified atom stereocenters. The lowest BCUT2D eigenvalue weighted by molar-refractivity contribution is 0.0748. The molecular weight excluding hydrogens is 514 g/mol. The molecule has 0 bridgehead atoms. The second kappa shape index (κ2) is 12.0. The highest BCUT2D eigenvalue weighted by atomic mass is 32.1.